The molecule has 1 aromatic heterocycles. The first-order valence-corrected chi connectivity index (χ1v) is 19.0. The molecule has 4 unspecified atom stereocenters. The van der Waals surface area contributed by atoms with Gasteiger partial charge in [0, 0.05) is 56.6 Å². The number of aryl methyl sites for hydroxylation is 4. The van der Waals surface area contributed by atoms with Gasteiger partial charge in [-0.2, -0.15) is 0 Å². The molecule has 0 bridgehead atoms. The van der Waals surface area contributed by atoms with Crippen LogP contribution in [0.15, 0.2) is 130 Å². The molecule has 3 nitrogen and oxygen atoms in total. The summed E-state index contributed by atoms with van der Waals surface area (Å²) in [5.74, 6) is 1.38. The van der Waals surface area contributed by atoms with E-state index in [2.05, 4.69) is 168 Å². The summed E-state index contributed by atoms with van der Waals surface area (Å²) in [6.07, 6.45) is 0. The van der Waals surface area contributed by atoms with E-state index in [1.807, 2.05) is 0 Å². The molecular weight excluding hydrogens is 631 g/mol. The minimum absolute atomic E-state index is 0.108. The van der Waals surface area contributed by atoms with Crippen LogP contribution in [-0.4, -0.2) is 12.3 Å². The average Bonchev–Trinajstić information content (AvgIpc) is 3.53. The van der Waals surface area contributed by atoms with Gasteiger partial charge in [0.05, 0.1) is 5.54 Å². The molecule has 0 radical (unpaired) electrons. The topological polar surface area (TPSA) is 19.6 Å². The van der Waals surface area contributed by atoms with Gasteiger partial charge in [0.2, 0.25) is 6.71 Å². The molecular formula is C48H43BN2O. The minimum atomic E-state index is -0.449. The molecule has 11 rings (SSSR count). The van der Waals surface area contributed by atoms with Gasteiger partial charge in [-0.15, -0.1) is 0 Å². The molecule has 3 aliphatic heterocycles. The van der Waals surface area contributed by atoms with E-state index in [1.165, 1.54) is 89.2 Å². The summed E-state index contributed by atoms with van der Waals surface area (Å²) in [5.41, 5.74) is 22.0. The van der Waals surface area contributed by atoms with Crippen LogP contribution in [0.1, 0.15) is 72.8 Å². The number of rotatable bonds is 1. The standard InChI is InChI=1S/C48H43BN2O/c1-26-13-18-32(19-14-26)50-38-21-16-28(3)24-35(38)49-36-25-29(4)17-22-39(36)51-37-20-15-27(2)23-34(37)47(7)42-33-11-9-10-12-40(33)52-44(42)31(6)41-30(5)43(50)46(49)48(51,8)45(41)47/h9-25,30-31H,1-8H3. The monoisotopic (exact) mass is 674 g/mol. The fourth-order valence-electron chi connectivity index (χ4n) is 11.7. The molecule has 0 fully saturated rings. The van der Waals surface area contributed by atoms with Crippen LogP contribution < -0.4 is 20.7 Å². The molecule has 5 aliphatic rings. The van der Waals surface area contributed by atoms with E-state index in [0.717, 1.165) is 11.3 Å². The number of hydrogen-bond acceptors (Lipinski definition) is 3. The molecule has 0 saturated carbocycles. The molecule has 0 amide bonds. The van der Waals surface area contributed by atoms with Crippen LogP contribution in [0.3, 0.4) is 0 Å². The molecule has 0 N–H and O–H groups in total. The first-order valence-electron chi connectivity index (χ1n) is 19.0. The third-order valence-corrected chi connectivity index (χ3v) is 13.6. The summed E-state index contributed by atoms with van der Waals surface area (Å²) < 4.78 is 7.02. The van der Waals surface area contributed by atoms with Crippen molar-refractivity contribution in [2.24, 2.45) is 5.92 Å². The lowest BCUT2D eigenvalue weighted by atomic mass is 9.27. The van der Waals surface area contributed by atoms with Crippen molar-refractivity contribution in [2.45, 2.75) is 72.3 Å². The van der Waals surface area contributed by atoms with Gasteiger partial charge in [-0.3, -0.25) is 0 Å². The van der Waals surface area contributed by atoms with Gasteiger partial charge in [-0.05, 0) is 111 Å². The summed E-state index contributed by atoms with van der Waals surface area (Å²) in [6.45, 7) is 19.1. The molecule has 5 aromatic carbocycles. The summed E-state index contributed by atoms with van der Waals surface area (Å²) in [7, 11) is 0. The molecule has 6 aromatic rings. The second kappa shape index (κ2) is 9.80. The molecule has 4 heteroatoms. The maximum Gasteiger partial charge on any atom is 0.247 e. The third-order valence-electron chi connectivity index (χ3n) is 13.6. The van der Waals surface area contributed by atoms with Crippen molar-refractivity contribution in [1.82, 2.24) is 0 Å². The Kier molecular flexibility index (Phi) is 5.73. The second-order valence-electron chi connectivity index (χ2n) is 16.7. The highest BCUT2D eigenvalue weighted by Crippen LogP contribution is 2.69. The molecule has 0 saturated heterocycles. The van der Waals surface area contributed by atoms with Crippen molar-refractivity contribution in [3.8, 4) is 0 Å². The zero-order valence-electron chi connectivity index (χ0n) is 31.3. The first kappa shape index (κ1) is 30.4. The smallest absolute Gasteiger partial charge is 0.247 e. The zero-order chi connectivity index (χ0) is 35.6. The van der Waals surface area contributed by atoms with E-state index in [9.17, 15) is 0 Å². The van der Waals surface area contributed by atoms with Gasteiger partial charge < -0.3 is 14.2 Å². The zero-order valence-corrected chi connectivity index (χ0v) is 31.3. The highest BCUT2D eigenvalue weighted by atomic mass is 16.3. The Labute approximate surface area is 307 Å². The summed E-state index contributed by atoms with van der Waals surface area (Å²) >= 11 is 0. The fourth-order valence-corrected chi connectivity index (χ4v) is 11.7. The van der Waals surface area contributed by atoms with Gasteiger partial charge in [0.15, 0.2) is 0 Å². The number of furan rings is 1. The van der Waals surface area contributed by atoms with Crippen LogP contribution in [-0.2, 0) is 5.41 Å². The largest absolute Gasteiger partial charge is 0.460 e. The number of allylic oxidation sites excluding steroid dienone is 1. The molecule has 254 valence electrons. The van der Waals surface area contributed by atoms with E-state index in [1.54, 1.807) is 5.57 Å². The second-order valence-corrected chi connectivity index (χ2v) is 16.7. The number of para-hydroxylation sites is 1. The van der Waals surface area contributed by atoms with Crippen molar-refractivity contribution in [1.29, 1.82) is 0 Å². The Morgan fingerprint density at radius 2 is 1.27 bits per heavy atom. The van der Waals surface area contributed by atoms with Crippen molar-refractivity contribution >= 4 is 51.4 Å². The van der Waals surface area contributed by atoms with Crippen LogP contribution in [0.5, 0.6) is 0 Å². The minimum Gasteiger partial charge on any atom is -0.460 e. The molecule has 0 spiro atoms. The maximum atomic E-state index is 7.02. The lowest BCUT2D eigenvalue weighted by molar-refractivity contribution is 0.402. The highest BCUT2D eigenvalue weighted by molar-refractivity contribution is 6.94. The summed E-state index contributed by atoms with van der Waals surface area (Å²) in [6, 6.07) is 39.6. The normalized spacial score (nSPS) is 24.8. The van der Waals surface area contributed by atoms with E-state index in [0.29, 0.717) is 0 Å². The Bertz CT molecular complexity index is 2660. The van der Waals surface area contributed by atoms with E-state index < -0.39 is 11.0 Å². The van der Waals surface area contributed by atoms with Gasteiger partial charge in [-0.25, -0.2) is 0 Å². The Hall–Kier alpha value is -5.22. The molecule has 4 heterocycles. The van der Waals surface area contributed by atoms with Crippen LogP contribution in [0.25, 0.3) is 11.0 Å². The van der Waals surface area contributed by atoms with E-state index >= 15 is 0 Å². The van der Waals surface area contributed by atoms with Crippen molar-refractivity contribution in [3.05, 3.63) is 165 Å². The fraction of sp³-hybridized carbons (Fsp3) is 0.250. The third kappa shape index (κ3) is 3.41. The van der Waals surface area contributed by atoms with E-state index in [-0.39, 0.29) is 18.5 Å². The van der Waals surface area contributed by atoms with Crippen molar-refractivity contribution in [2.75, 3.05) is 9.80 Å². The van der Waals surface area contributed by atoms with Crippen LogP contribution >= 0.6 is 0 Å². The Morgan fingerprint density at radius 1 is 0.654 bits per heavy atom. The lowest BCUT2D eigenvalue weighted by Gasteiger charge is -2.66. The molecule has 2 aliphatic carbocycles. The van der Waals surface area contributed by atoms with Gasteiger partial charge >= 0.3 is 0 Å². The predicted molar refractivity (Wildman–Crippen MR) is 217 cm³/mol. The van der Waals surface area contributed by atoms with Crippen LogP contribution in [0, 0.1) is 33.6 Å². The number of benzene rings is 5. The summed E-state index contributed by atoms with van der Waals surface area (Å²) in [5, 5.41) is 1.24. The lowest BCUT2D eigenvalue weighted by Crippen LogP contribution is -2.71. The van der Waals surface area contributed by atoms with Gasteiger partial charge in [0.1, 0.15) is 11.3 Å². The summed E-state index contributed by atoms with van der Waals surface area (Å²) in [4.78, 5) is 5.40. The quantitative estimate of drug-likeness (QED) is 0.128. The van der Waals surface area contributed by atoms with Crippen LogP contribution in [0.4, 0.5) is 22.7 Å². The average molecular weight is 675 g/mol. The molecule has 4 atom stereocenters. The van der Waals surface area contributed by atoms with Gasteiger partial charge in [0.25, 0.3) is 0 Å². The SMILES string of the molecule is Cc1ccc(N2C3=C4B(c5cc(C)ccc52)c2cc(C)ccc2N2c5ccc(C)cc5C5(C)C(=C(C3C)C(C)c3oc6ccccc6c35)C42C)cc1. The van der Waals surface area contributed by atoms with E-state index in [4.69, 9.17) is 4.42 Å². The number of nitrogens with zero attached hydrogens (tertiary/aromatic N) is 2. The Morgan fingerprint density at radius 3 is 2.00 bits per heavy atom. The van der Waals surface area contributed by atoms with Crippen LogP contribution in [0.2, 0.25) is 0 Å². The predicted octanol–water partition coefficient (Wildman–Crippen LogP) is 10.5. The number of hydrogen-bond donors (Lipinski definition) is 0. The van der Waals surface area contributed by atoms with Crippen molar-refractivity contribution < 1.29 is 4.42 Å². The maximum absolute atomic E-state index is 7.02. The highest BCUT2D eigenvalue weighted by Gasteiger charge is 2.66. The molecule has 52 heavy (non-hydrogen) atoms. The number of anilines is 4. The van der Waals surface area contributed by atoms with Gasteiger partial charge in [-0.1, -0.05) is 103 Å². The first-order chi connectivity index (χ1) is 25.0. The Balaban J connectivity index is 1.36. The van der Waals surface area contributed by atoms with Crippen molar-refractivity contribution in [3.63, 3.8) is 0 Å². The number of fused-ring (bicyclic) bond motifs is 12.